The van der Waals surface area contributed by atoms with E-state index in [1.807, 2.05) is 0 Å². The van der Waals surface area contributed by atoms with Crippen molar-refractivity contribution >= 4 is 22.5 Å². The van der Waals surface area contributed by atoms with Gasteiger partial charge in [0.15, 0.2) is 0 Å². The van der Waals surface area contributed by atoms with Crippen LogP contribution in [0.5, 0.6) is 0 Å². The highest BCUT2D eigenvalue weighted by molar-refractivity contribution is 5.93. The molecule has 2 aliphatic rings. The summed E-state index contributed by atoms with van der Waals surface area (Å²) < 4.78 is 45.5. The van der Waals surface area contributed by atoms with Crippen molar-refractivity contribution in [3.05, 3.63) is 36.0 Å². The first-order valence-electron chi connectivity index (χ1n) is 8.49. The first kappa shape index (κ1) is 17.1. The molecule has 1 aromatic heterocycles. The number of amides is 1. The molecule has 2 aliphatic heterocycles. The minimum Gasteiger partial charge on any atom is -0.371 e. The quantitative estimate of drug-likeness (QED) is 0.844. The third-order valence-corrected chi connectivity index (χ3v) is 5.19. The Balaban J connectivity index is 1.61. The van der Waals surface area contributed by atoms with E-state index >= 15 is 0 Å². The second-order valence-electron chi connectivity index (χ2n) is 6.77. The Labute approximate surface area is 148 Å². The third-order valence-electron chi connectivity index (χ3n) is 5.19. The molecule has 1 spiro atoms. The molecule has 2 saturated heterocycles. The number of hydrogen-bond donors (Lipinski definition) is 1. The maximum Gasteiger partial charge on any atom is 0.418 e. The van der Waals surface area contributed by atoms with Crippen LogP contribution in [0.2, 0.25) is 0 Å². The zero-order valence-electron chi connectivity index (χ0n) is 14.0. The lowest BCUT2D eigenvalue weighted by Crippen LogP contribution is -2.57. The molecule has 0 radical (unpaired) electrons. The summed E-state index contributed by atoms with van der Waals surface area (Å²) in [5, 5.41) is 3.33. The third kappa shape index (κ3) is 2.98. The fourth-order valence-electron chi connectivity index (χ4n) is 3.72. The molecule has 1 amide bonds. The monoisotopic (exact) mass is 365 g/mol. The van der Waals surface area contributed by atoms with Gasteiger partial charge in [-0.05, 0) is 25.0 Å². The maximum absolute atomic E-state index is 13.3. The molecule has 0 bridgehead atoms. The van der Waals surface area contributed by atoms with E-state index in [4.69, 9.17) is 4.74 Å². The van der Waals surface area contributed by atoms with Gasteiger partial charge in [0.2, 0.25) is 5.91 Å². The predicted octanol–water partition coefficient (Wildman–Crippen LogP) is 2.74. The number of morpholine rings is 1. The van der Waals surface area contributed by atoms with Gasteiger partial charge in [0, 0.05) is 36.9 Å². The van der Waals surface area contributed by atoms with Crippen molar-refractivity contribution in [2.24, 2.45) is 0 Å². The summed E-state index contributed by atoms with van der Waals surface area (Å²) in [5.41, 5.74) is -0.372. The van der Waals surface area contributed by atoms with Gasteiger partial charge in [0.25, 0.3) is 0 Å². The second kappa shape index (κ2) is 6.12. The number of anilines is 1. The maximum atomic E-state index is 13.3. The standard InChI is InChI=1S/C18H18F3N3O2/c19-18(20,21)13-3-1-2-12-14(4-7-22-16(12)13)24-8-5-17(6-9-24)11-23-15(25)10-26-17/h1-4,7H,5-6,8-11H2,(H,23,25). The Morgan fingerprint density at radius 2 is 1.96 bits per heavy atom. The lowest BCUT2D eigenvalue weighted by molar-refractivity contribution is -0.146. The molecule has 1 aromatic carbocycles. The van der Waals surface area contributed by atoms with Gasteiger partial charge < -0.3 is 15.0 Å². The van der Waals surface area contributed by atoms with Crippen molar-refractivity contribution in [1.82, 2.24) is 10.3 Å². The normalized spacial score (nSPS) is 20.4. The number of halogens is 3. The molecule has 138 valence electrons. The number of pyridine rings is 1. The van der Waals surface area contributed by atoms with Crippen LogP contribution < -0.4 is 10.2 Å². The summed E-state index contributed by atoms with van der Waals surface area (Å²) in [6.07, 6.45) is -1.61. The number of para-hydroxylation sites is 1. The number of piperidine rings is 1. The highest BCUT2D eigenvalue weighted by Gasteiger charge is 2.39. The van der Waals surface area contributed by atoms with Crippen LogP contribution in [0.15, 0.2) is 30.5 Å². The Bertz CT molecular complexity index is 833. The van der Waals surface area contributed by atoms with Crippen LogP contribution in [0.4, 0.5) is 18.9 Å². The zero-order valence-corrected chi connectivity index (χ0v) is 14.0. The van der Waals surface area contributed by atoms with Crippen LogP contribution in [0.3, 0.4) is 0 Å². The summed E-state index contributed by atoms with van der Waals surface area (Å²) in [7, 11) is 0. The molecule has 5 nitrogen and oxygen atoms in total. The average Bonchev–Trinajstić information content (AvgIpc) is 2.63. The number of carbonyl (C=O) groups excluding carboxylic acids is 1. The number of rotatable bonds is 1. The zero-order chi connectivity index (χ0) is 18.4. The van der Waals surface area contributed by atoms with Crippen molar-refractivity contribution in [3.8, 4) is 0 Å². The molecule has 2 fully saturated rings. The lowest BCUT2D eigenvalue weighted by Gasteiger charge is -2.44. The van der Waals surface area contributed by atoms with E-state index in [0.717, 1.165) is 11.8 Å². The van der Waals surface area contributed by atoms with Gasteiger partial charge in [-0.25, -0.2) is 0 Å². The molecular weight excluding hydrogens is 347 g/mol. The van der Waals surface area contributed by atoms with E-state index in [1.54, 1.807) is 12.1 Å². The number of fused-ring (bicyclic) bond motifs is 1. The van der Waals surface area contributed by atoms with E-state index in [1.165, 1.54) is 12.3 Å². The Hall–Kier alpha value is -2.35. The van der Waals surface area contributed by atoms with Crippen LogP contribution in [0, 0.1) is 0 Å². The summed E-state index contributed by atoms with van der Waals surface area (Å²) in [6, 6.07) is 5.91. The van der Waals surface area contributed by atoms with Crippen molar-refractivity contribution < 1.29 is 22.7 Å². The molecule has 8 heteroatoms. The van der Waals surface area contributed by atoms with E-state index in [9.17, 15) is 18.0 Å². The van der Waals surface area contributed by atoms with Gasteiger partial charge in [0.1, 0.15) is 6.61 Å². The van der Waals surface area contributed by atoms with Gasteiger partial charge in [0.05, 0.1) is 16.7 Å². The molecular formula is C18H18F3N3O2. The molecule has 0 aliphatic carbocycles. The fraction of sp³-hybridized carbons (Fsp3) is 0.444. The van der Waals surface area contributed by atoms with E-state index in [0.29, 0.717) is 37.9 Å². The number of nitrogens with zero attached hydrogens (tertiary/aromatic N) is 2. The van der Waals surface area contributed by atoms with Crippen LogP contribution in [-0.4, -0.2) is 42.7 Å². The average molecular weight is 365 g/mol. The molecule has 2 aromatic rings. The Morgan fingerprint density at radius 3 is 2.62 bits per heavy atom. The van der Waals surface area contributed by atoms with Crippen molar-refractivity contribution in [2.75, 3.05) is 31.1 Å². The molecule has 3 heterocycles. The summed E-state index contributed by atoms with van der Waals surface area (Å²) in [4.78, 5) is 17.3. The summed E-state index contributed by atoms with van der Waals surface area (Å²) in [6.45, 7) is 1.83. The topological polar surface area (TPSA) is 54.5 Å². The van der Waals surface area contributed by atoms with Crippen LogP contribution in [-0.2, 0) is 15.7 Å². The van der Waals surface area contributed by atoms with E-state index < -0.39 is 11.7 Å². The summed E-state index contributed by atoms with van der Waals surface area (Å²) >= 11 is 0. The Kier molecular flexibility index (Phi) is 4.02. The first-order chi connectivity index (χ1) is 12.4. The minimum atomic E-state index is -4.44. The van der Waals surface area contributed by atoms with Gasteiger partial charge in [-0.1, -0.05) is 12.1 Å². The van der Waals surface area contributed by atoms with Gasteiger partial charge in [-0.15, -0.1) is 0 Å². The van der Waals surface area contributed by atoms with E-state index in [2.05, 4.69) is 15.2 Å². The molecule has 0 saturated carbocycles. The number of nitrogens with one attached hydrogen (secondary N) is 1. The van der Waals surface area contributed by atoms with E-state index in [-0.39, 0.29) is 23.6 Å². The largest absolute Gasteiger partial charge is 0.418 e. The van der Waals surface area contributed by atoms with Gasteiger partial charge in [-0.3, -0.25) is 9.78 Å². The first-order valence-corrected chi connectivity index (χ1v) is 8.49. The summed E-state index contributed by atoms with van der Waals surface area (Å²) in [5.74, 6) is -0.113. The predicted molar refractivity (Wildman–Crippen MR) is 89.9 cm³/mol. The minimum absolute atomic E-state index is 0.0287. The second-order valence-corrected chi connectivity index (χ2v) is 6.77. The number of benzene rings is 1. The molecule has 26 heavy (non-hydrogen) atoms. The van der Waals surface area contributed by atoms with Gasteiger partial charge in [-0.2, -0.15) is 13.2 Å². The number of carbonyl (C=O) groups is 1. The van der Waals surface area contributed by atoms with Gasteiger partial charge >= 0.3 is 6.18 Å². The molecule has 1 N–H and O–H groups in total. The smallest absolute Gasteiger partial charge is 0.371 e. The van der Waals surface area contributed by atoms with Crippen LogP contribution >= 0.6 is 0 Å². The SMILES string of the molecule is O=C1COC2(CCN(c3ccnc4c(C(F)(F)F)cccc34)CC2)CN1. The molecule has 4 rings (SSSR count). The molecule has 0 atom stereocenters. The lowest BCUT2D eigenvalue weighted by atomic mass is 9.89. The highest BCUT2D eigenvalue weighted by atomic mass is 19.4. The number of aromatic nitrogens is 1. The van der Waals surface area contributed by atoms with Crippen molar-refractivity contribution in [1.29, 1.82) is 0 Å². The Morgan fingerprint density at radius 1 is 1.19 bits per heavy atom. The van der Waals surface area contributed by atoms with Crippen molar-refractivity contribution in [2.45, 2.75) is 24.6 Å². The highest BCUT2D eigenvalue weighted by Crippen LogP contribution is 2.38. The number of hydrogen-bond acceptors (Lipinski definition) is 4. The number of alkyl halides is 3. The van der Waals surface area contributed by atoms with Crippen LogP contribution in [0.1, 0.15) is 18.4 Å². The van der Waals surface area contributed by atoms with Crippen molar-refractivity contribution in [3.63, 3.8) is 0 Å². The number of ether oxygens (including phenoxy) is 1. The van der Waals surface area contributed by atoms with Crippen LogP contribution in [0.25, 0.3) is 10.9 Å². The fourth-order valence-corrected chi connectivity index (χ4v) is 3.72. The molecule has 0 unspecified atom stereocenters.